The molecule has 0 aromatic heterocycles. The van der Waals surface area contributed by atoms with Crippen molar-refractivity contribution in [3.8, 4) is 0 Å². The third-order valence-corrected chi connectivity index (χ3v) is 2.60. The fourth-order valence-electron chi connectivity index (χ4n) is 1.70. The van der Waals surface area contributed by atoms with Gasteiger partial charge in [-0.15, -0.1) is 0 Å². The van der Waals surface area contributed by atoms with E-state index in [0.29, 0.717) is 0 Å². The lowest BCUT2D eigenvalue weighted by Gasteiger charge is -2.11. The molecule has 2 aromatic rings. The van der Waals surface area contributed by atoms with Crippen molar-refractivity contribution in [3.05, 3.63) is 71.5 Å². The molecule has 0 bridgehead atoms. The Morgan fingerprint density at radius 1 is 0.938 bits per heavy atom. The summed E-state index contributed by atoms with van der Waals surface area (Å²) < 4.78 is 12.7. The first-order chi connectivity index (χ1) is 7.75. The zero-order valence-corrected chi connectivity index (χ0v) is 8.94. The summed E-state index contributed by atoms with van der Waals surface area (Å²) in [5.41, 5.74) is 8.21. The summed E-state index contributed by atoms with van der Waals surface area (Å²) in [6.45, 7) is 0. The highest BCUT2D eigenvalue weighted by Crippen LogP contribution is 2.16. The smallest absolute Gasteiger partial charge is 0.123 e. The van der Waals surface area contributed by atoms with Crippen LogP contribution in [0, 0.1) is 5.82 Å². The summed E-state index contributed by atoms with van der Waals surface area (Å²) in [4.78, 5) is 0. The molecule has 0 saturated carbocycles. The zero-order valence-electron chi connectivity index (χ0n) is 8.94. The number of halogens is 1. The van der Waals surface area contributed by atoms with Gasteiger partial charge in [0.15, 0.2) is 0 Å². The van der Waals surface area contributed by atoms with Crippen molar-refractivity contribution < 1.29 is 4.39 Å². The highest BCUT2D eigenvalue weighted by Gasteiger charge is 2.06. The van der Waals surface area contributed by atoms with Gasteiger partial charge in [0.1, 0.15) is 5.82 Å². The van der Waals surface area contributed by atoms with E-state index in [9.17, 15) is 4.39 Å². The van der Waals surface area contributed by atoms with Crippen molar-refractivity contribution in [2.75, 3.05) is 0 Å². The Hall–Kier alpha value is -1.67. The Labute approximate surface area is 94.7 Å². The van der Waals surface area contributed by atoms with Crippen LogP contribution in [0.4, 0.5) is 4.39 Å². The second-order valence-corrected chi connectivity index (χ2v) is 3.85. The molecule has 0 unspecified atom stereocenters. The molecule has 0 aliphatic carbocycles. The summed E-state index contributed by atoms with van der Waals surface area (Å²) in [7, 11) is 0. The average molecular weight is 215 g/mol. The first-order valence-corrected chi connectivity index (χ1v) is 5.30. The van der Waals surface area contributed by atoms with Crippen LogP contribution in [0.3, 0.4) is 0 Å². The van der Waals surface area contributed by atoms with E-state index in [1.807, 2.05) is 30.3 Å². The quantitative estimate of drug-likeness (QED) is 0.836. The van der Waals surface area contributed by atoms with Gasteiger partial charge < -0.3 is 5.73 Å². The maximum atomic E-state index is 12.7. The van der Waals surface area contributed by atoms with E-state index in [1.165, 1.54) is 17.7 Å². The van der Waals surface area contributed by atoms with Gasteiger partial charge in [0.2, 0.25) is 0 Å². The fourth-order valence-corrected chi connectivity index (χ4v) is 1.70. The molecular weight excluding hydrogens is 201 g/mol. The van der Waals surface area contributed by atoms with Gasteiger partial charge >= 0.3 is 0 Å². The van der Waals surface area contributed by atoms with Gasteiger partial charge in [-0.05, 0) is 29.7 Å². The number of hydrogen-bond acceptors (Lipinski definition) is 1. The van der Waals surface area contributed by atoms with Crippen LogP contribution in [0.25, 0.3) is 0 Å². The average Bonchev–Trinajstić information content (AvgIpc) is 2.31. The molecular formula is C14H14FN. The molecule has 2 aromatic carbocycles. The number of rotatable bonds is 3. The predicted molar refractivity (Wildman–Crippen MR) is 63.5 cm³/mol. The molecule has 0 saturated heterocycles. The lowest BCUT2D eigenvalue weighted by molar-refractivity contribution is 0.624. The second kappa shape index (κ2) is 4.90. The Balaban J connectivity index is 2.09. The molecule has 82 valence electrons. The third kappa shape index (κ3) is 2.67. The van der Waals surface area contributed by atoms with E-state index in [1.54, 1.807) is 12.1 Å². The maximum Gasteiger partial charge on any atom is 0.123 e. The topological polar surface area (TPSA) is 26.0 Å². The summed E-state index contributed by atoms with van der Waals surface area (Å²) in [6.07, 6.45) is 0.770. The Kier molecular flexibility index (Phi) is 3.32. The van der Waals surface area contributed by atoms with Gasteiger partial charge in [0.25, 0.3) is 0 Å². The number of benzene rings is 2. The molecule has 0 aliphatic rings. The molecule has 0 fully saturated rings. The van der Waals surface area contributed by atoms with E-state index >= 15 is 0 Å². The van der Waals surface area contributed by atoms with Gasteiger partial charge in [0, 0.05) is 6.04 Å². The number of hydrogen-bond donors (Lipinski definition) is 1. The van der Waals surface area contributed by atoms with Crippen molar-refractivity contribution in [1.82, 2.24) is 0 Å². The predicted octanol–water partition coefficient (Wildman–Crippen LogP) is 3.07. The van der Waals surface area contributed by atoms with E-state index in [-0.39, 0.29) is 11.9 Å². The van der Waals surface area contributed by atoms with Crippen molar-refractivity contribution >= 4 is 0 Å². The van der Waals surface area contributed by atoms with Gasteiger partial charge in [0.05, 0.1) is 0 Å². The first kappa shape index (κ1) is 10.8. The van der Waals surface area contributed by atoms with E-state index in [0.717, 1.165) is 12.0 Å². The van der Waals surface area contributed by atoms with Crippen LogP contribution in [-0.4, -0.2) is 0 Å². The largest absolute Gasteiger partial charge is 0.324 e. The summed E-state index contributed by atoms with van der Waals surface area (Å²) >= 11 is 0. The molecule has 1 nitrogen and oxygen atoms in total. The lowest BCUT2D eigenvalue weighted by Crippen LogP contribution is -2.13. The van der Waals surface area contributed by atoms with Crippen molar-refractivity contribution in [1.29, 1.82) is 0 Å². The molecule has 16 heavy (non-hydrogen) atoms. The minimum Gasteiger partial charge on any atom is -0.324 e. The molecule has 0 aliphatic heterocycles. The van der Waals surface area contributed by atoms with Crippen LogP contribution in [0.5, 0.6) is 0 Å². The lowest BCUT2D eigenvalue weighted by atomic mass is 10.00. The summed E-state index contributed by atoms with van der Waals surface area (Å²) in [5.74, 6) is -0.226. The monoisotopic (exact) mass is 215 g/mol. The molecule has 2 N–H and O–H groups in total. The molecule has 0 heterocycles. The van der Waals surface area contributed by atoms with Crippen LogP contribution in [0.1, 0.15) is 17.2 Å². The summed E-state index contributed by atoms with van der Waals surface area (Å²) in [5, 5.41) is 0. The van der Waals surface area contributed by atoms with E-state index < -0.39 is 0 Å². The van der Waals surface area contributed by atoms with Gasteiger partial charge in [-0.2, -0.15) is 0 Å². The van der Waals surface area contributed by atoms with Crippen molar-refractivity contribution in [2.24, 2.45) is 5.73 Å². The highest BCUT2D eigenvalue weighted by molar-refractivity contribution is 5.23. The van der Waals surface area contributed by atoms with E-state index in [4.69, 9.17) is 5.73 Å². The van der Waals surface area contributed by atoms with E-state index in [2.05, 4.69) is 0 Å². The minimum absolute atomic E-state index is 0.0806. The van der Waals surface area contributed by atoms with Crippen LogP contribution in [0.15, 0.2) is 54.6 Å². The Morgan fingerprint density at radius 3 is 2.19 bits per heavy atom. The third-order valence-electron chi connectivity index (χ3n) is 2.60. The highest BCUT2D eigenvalue weighted by atomic mass is 19.1. The van der Waals surface area contributed by atoms with Gasteiger partial charge in [-0.3, -0.25) is 0 Å². The molecule has 2 heteroatoms. The van der Waals surface area contributed by atoms with Crippen LogP contribution in [-0.2, 0) is 6.42 Å². The van der Waals surface area contributed by atoms with Gasteiger partial charge in [-0.1, -0.05) is 42.5 Å². The van der Waals surface area contributed by atoms with Crippen molar-refractivity contribution in [3.63, 3.8) is 0 Å². The summed E-state index contributed by atoms with van der Waals surface area (Å²) in [6, 6.07) is 16.3. The SMILES string of the molecule is N[C@@H](Cc1ccccc1)c1ccc(F)cc1. The maximum absolute atomic E-state index is 12.7. The molecule has 2 rings (SSSR count). The Morgan fingerprint density at radius 2 is 1.56 bits per heavy atom. The second-order valence-electron chi connectivity index (χ2n) is 3.85. The van der Waals surface area contributed by atoms with Crippen LogP contribution in [0.2, 0.25) is 0 Å². The molecule has 0 radical (unpaired) electrons. The molecule has 0 spiro atoms. The fraction of sp³-hybridized carbons (Fsp3) is 0.143. The Bertz CT molecular complexity index is 436. The first-order valence-electron chi connectivity index (χ1n) is 5.30. The standard InChI is InChI=1S/C14H14FN/c15-13-8-6-12(7-9-13)14(16)10-11-4-2-1-3-5-11/h1-9,14H,10,16H2/t14-/m0/s1. The zero-order chi connectivity index (χ0) is 11.4. The minimum atomic E-state index is -0.226. The molecule has 0 amide bonds. The number of nitrogens with two attached hydrogens (primary N) is 1. The van der Waals surface area contributed by atoms with Crippen LogP contribution < -0.4 is 5.73 Å². The normalized spacial score (nSPS) is 12.4. The van der Waals surface area contributed by atoms with Crippen LogP contribution >= 0.6 is 0 Å². The van der Waals surface area contributed by atoms with Gasteiger partial charge in [-0.25, -0.2) is 4.39 Å². The van der Waals surface area contributed by atoms with Crippen molar-refractivity contribution in [2.45, 2.75) is 12.5 Å². The molecule has 1 atom stereocenters.